The van der Waals surface area contributed by atoms with Crippen LogP contribution in [0.3, 0.4) is 0 Å². The lowest BCUT2D eigenvalue weighted by atomic mass is 9.85. The average Bonchev–Trinajstić information content (AvgIpc) is 3.01. The number of rotatable bonds is 7. The van der Waals surface area contributed by atoms with Crippen molar-refractivity contribution < 1.29 is 29.0 Å². The molecule has 0 aromatic heterocycles. The summed E-state index contributed by atoms with van der Waals surface area (Å²) in [5.41, 5.74) is -1.53. The molecule has 0 saturated carbocycles. The van der Waals surface area contributed by atoms with Crippen LogP contribution >= 0.6 is 0 Å². The van der Waals surface area contributed by atoms with E-state index in [4.69, 9.17) is 9.47 Å². The van der Waals surface area contributed by atoms with Gasteiger partial charge < -0.3 is 19.9 Å². The Morgan fingerprint density at radius 1 is 1.12 bits per heavy atom. The van der Waals surface area contributed by atoms with E-state index in [0.717, 1.165) is 0 Å². The summed E-state index contributed by atoms with van der Waals surface area (Å²) in [6, 6.07) is -2.40. The van der Waals surface area contributed by atoms with Gasteiger partial charge in [-0.1, -0.05) is 32.4 Å². The third-order valence-electron chi connectivity index (χ3n) is 5.65. The van der Waals surface area contributed by atoms with Crippen LogP contribution in [0, 0.1) is 11.8 Å². The van der Waals surface area contributed by atoms with E-state index in [2.05, 4.69) is 5.32 Å². The van der Waals surface area contributed by atoms with Crippen LogP contribution in [-0.2, 0) is 19.1 Å². The van der Waals surface area contributed by atoms with Gasteiger partial charge in [-0.15, -0.1) is 0 Å². The third-order valence-corrected chi connectivity index (χ3v) is 5.65. The van der Waals surface area contributed by atoms with Crippen molar-refractivity contribution in [1.29, 1.82) is 0 Å². The fourth-order valence-corrected chi connectivity index (χ4v) is 4.15. The zero-order chi connectivity index (χ0) is 25.7. The smallest absolute Gasteiger partial charge is 0.411 e. The van der Waals surface area contributed by atoms with Gasteiger partial charge in [0.1, 0.15) is 17.2 Å². The van der Waals surface area contributed by atoms with Gasteiger partial charge in [0.15, 0.2) is 0 Å². The van der Waals surface area contributed by atoms with Gasteiger partial charge in [-0.3, -0.25) is 9.69 Å². The standard InChI is InChI=1S/C25H44N2O6/c1-11-13-17-14-18(22(30)32-24(5,6)7)27(23(31)33-25(8,9)10)20(17)19(26-16(4)28)21(29)15(3)12-2/h11,13,15,17-21,29H,12,14H2,1-10H3,(H,26,28)/t15?,17-,18+,19-,20-,21-/m1/s1. The Balaban J connectivity index is 3.61. The van der Waals surface area contributed by atoms with Crippen molar-refractivity contribution in [2.75, 3.05) is 0 Å². The van der Waals surface area contributed by atoms with Crippen LogP contribution in [0.2, 0.25) is 0 Å². The van der Waals surface area contributed by atoms with Crippen molar-refractivity contribution in [3.05, 3.63) is 12.2 Å². The molecule has 0 bridgehead atoms. The Morgan fingerprint density at radius 3 is 2.09 bits per heavy atom. The molecule has 1 fully saturated rings. The molecule has 33 heavy (non-hydrogen) atoms. The average molecular weight is 469 g/mol. The van der Waals surface area contributed by atoms with Crippen LogP contribution in [0.4, 0.5) is 4.79 Å². The second-order valence-corrected chi connectivity index (χ2v) is 11.0. The molecule has 0 radical (unpaired) electrons. The number of esters is 1. The maximum atomic E-state index is 13.4. The highest BCUT2D eigenvalue weighted by molar-refractivity contribution is 5.83. The van der Waals surface area contributed by atoms with Gasteiger partial charge in [0, 0.05) is 12.8 Å². The van der Waals surface area contributed by atoms with Crippen molar-refractivity contribution in [3.63, 3.8) is 0 Å². The van der Waals surface area contributed by atoms with Crippen LogP contribution in [0.25, 0.3) is 0 Å². The largest absolute Gasteiger partial charge is 0.458 e. The van der Waals surface area contributed by atoms with Gasteiger partial charge in [-0.25, -0.2) is 9.59 Å². The number of carbonyl (C=O) groups excluding carboxylic acids is 3. The van der Waals surface area contributed by atoms with Crippen LogP contribution in [0.15, 0.2) is 12.2 Å². The van der Waals surface area contributed by atoms with Gasteiger partial charge in [0.2, 0.25) is 5.91 Å². The van der Waals surface area contributed by atoms with E-state index in [1.54, 1.807) is 41.5 Å². The summed E-state index contributed by atoms with van der Waals surface area (Å²) in [5, 5.41) is 14.0. The van der Waals surface area contributed by atoms with Gasteiger partial charge in [0.05, 0.1) is 18.2 Å². The molecule has 0 aromatic carbocycles. The number of carbonyl (C=O) groups is 3. The Hall–Kier alpha value is -2.09. The molecule has 2 amide bonds. The fourth-order valence-electron chi connectivity index (χ4n) is 4.15. The number of nitrogens with zero attached hydrogens (tertiary/aromatic N) is 1. The quantitative estimate of drug-likeness (QED) is 0.435. The number of nitrogens with one attached hydrogen (secondary N) is 1. The van der Waals surface area contributed by atoms with Crippen molar-refractivity contribution in [3.8, 4) is 0 Å². The first-order valence-electron chi connectivity index (χ1n) is 11.8. The molecular formula is C25H44N2O6. The molecule has 1 unspecified atom stereocenters. The molecule has 2 N–H and O–H groups in total. The van der Waals surface area contributed by atoms with E-state index < -0.39 is 47.5 Å². The molecule has 0 spiro atoms. The van der Waals surface area contributed by atoms with Crippen molar-refractivity contribution in [2.45, 2.75) is 118 Å². The third kappa shape index (κ3) is 8.32. The van der Waals surface area contributed by atoms with Crippen molar-refractivity contribution >= 4 is 18.0 Å². The molecule has 1 heterocycles. The molecule has 6 atom stereocenters. The van der Waals surface area contributed by atoms with Gasteiger partial charge in [0.25, 0.3) is 0 Å². The molecule has 1 aliphatic rings. The van der Waals surface area contributed by atoms with E-state index in [1.165, 1.54) is 11.8 Å². The molecule has 1 aliphatic heterocycles. The molecule has 8 heteroatoms. The van der Waals surface area contributed by atoms with Gasteiger partial charge in [-0.2, -0.15) is 0 Å². The molecule has 190 valence electrons. The lowest BCUT2D eigenvalue weighted by Gasteiger charge is -2.40. The minimum atomic E-state index is -0.932. The minimum Gasteiger partial charge on any atom is -0.458 e. The number of hydrogen-bond donors (Lipinski definition) is 2. The summed E-state index contributed by atoms with van der Waals surface area (Å²) in [6.45, 7) is 17.6. The lowest BCUT2D eigenvalue weighted by Crippen LogP contribution is -2.61. The van der Waals surface area contributed by atoms with Crippen molar-refractivity contribution in [2.24, 2.45) is 11.8 Å². The molecule has 1 rings (SSSR count). The predicted octanol–water partition coefficient (Wildman–Crippen LogP) is 3.81. The number of aliphatic hydroxyl groups excluding tert-OH is 1. The van der Waals surface area contributed by atoms with Gasteiger partial charge >= 0.3 is 12.1 Å². The first kappa shape index (κ1) is 28.9. The van der Waals surface area contributed by atoms with Crippen LogP contribution in [0.5, 0.6) is 0 Å². The normalized spacial score (nSPS) is 24.3. The number of likely N-dealkylation sites (tertiary alicyclic amines) is 1. The molecular weight excluding hydrogens is 424 g/mol. The highest BCUT2D eigenvalue weighted by Gasteiger charge is 2.53. The first-order valence-corrected chi connectivity index (χ1v) is 11.8. The number of hydrogen-bond acceptors (Lipinski definition) is 6. The Kier molecular flexibility index (Phi) is 9.96. The Bertz CT molecular complexity index is 721. The summed E-state index contributed by atoms with van der Waals surface area (Å²) in [6.07, 6.45) is 3.13. The van der Waals surface area contributed by atoms with Crippen LogP contribution in [-0.4, -0.2) is 63.4 Å². The summed E-state index contributed by atoms with van der Waals surface area (Å²) < 4.78 is 11.3. The van der Waals surface area contributed by atoms with Crippen LogP contribution in [0.1, 0.15) is 82.1 Å². The molecule has 0 aliphatic carbocycles. The maximum Gasteiger partial charge on any atom is 0.411 e. The SMILES string of the molecule is CC=C[C@@H]1C[C@@H](C(=O)OC(C)(C)C)N(C(=O)OC(C)(C)C)[C@H]1[C@@H](NC(C)=O)[C@H](O)C(C)CC. The topological polar surface area (TPSA) is 105 Å². The zero-order valence-corrected chi connectivity index (χ0v) is 22.0. The van der Waals surface area contributed by atoms with Crippen molar-refractivity contribution in [1.82, 2.24) is 10.2 Å². The van der Waals surface area contributed by atoms with E-state index in [0.29, 0.717) is 12.8 Å². The Morgan fingerprint density at radius 2 is 1.67 bits per heavy atom. The monoisotopic (exact) mass is 468 g/mol. The molecule has 0 aromatic rings. The predicted molar refractivity (Wildman–Crippen MR) is 127 cm³/mol. The van der Waals surface area contributed by atoms with Crippen LogP contribution < -0.4 is 5.32 Å². The van der Waals surface area contributed by atoms with E-state index in [1.807, 2.05) is 32.9 Å². The minimum absolute atomic E-state index is 0.144. The van der Waals surface area contributed by atoms with E-state index in [9.17, 15) is 19.5 Å². The number of allylic oxidation sites excluding steroid dienone is 1. The van der Waals surface area contributed by atoms with E-state index >= 15 is 0 Å². The summed E-state index contributed by atoms with van der Waals surface area (Å²) >= 11 is 0. The number of ether oxygens (including phenoxy) is 2. The summed E-state index contributed by atoms with van der Waals surface area (Å²) in [5.74, 6) is -1.30. The first-order chi connectivity index (χ1) is 15.0. The summed E-state index contributed by atoms with van der Waals surface area (Å²) in [7, 11) is 0. The second kappa shape index (κ2) is 11.4. The number of aliphatic hydroxyl groups is 1. The highest BCUT2D eigenvalue weighted by Crippen LogP contribution is 2.37. The van der Waals surface area contributed by atoms with E-state index in [-0.39, 0.29) is 17.7 Å². The number of amides is 2. The molecule has 8 nitrogen and oxygen atoms in total. The molecule has 1 saturated heterocycles. The lowest BCUT2D eigenvalue weighted by molar-refractivity contribution is -0.160. The zero-order valence-electron chi connectivity index (χ0n) is 22.0. The highest BCUT2D eigenvalue weighted by atomic mass is 16.6. The second-order valence-electron chi connectivity index (χ2n) is 11.0. The maximum absolute atomic E-state index is 13.4. The van der Waals surface area contributed by atoms with Gasteiger partial charge in [-0.05, 0) is 60.8 Å². The fraction of sp³-hybridized carbons (Fsp3) is 0.800. The Labute approximate surface area is 199 Å². The summed E-state index contributed by atoms with van der Waals surface area (Å²) in [4.78, 5) is 40.1.